The van der Waals surface area contributed by atoms with Gasteiger partial charge in [-0.05, 0) is 38.2 Å². The molecule has 6 heteroatoms. The van der Waals surface area contributed by atoms with Crippen molar-refractivity contribution < 1.29 is 4.74 Å². The van der Waals surface area contributed by atoms with Gasteiger partial charge in [0.15, 0.2) is 0 Å². The number of aromatic nitrogens is 3. The van der Waals surface area contributed by atoms with Gasteiger partial charge in [-0.3, -0.25) is 5.10 Å². The van der Waals surface area contributed by atoms with E-state index in [1.165, 1.54) is 12.1 Å². The molecule has 1 saturated carbocycles. The van der Waals surface area contributed by atoms with E-state index in [0.717, 1.165) is 50.3 Å². The van der Waals surface area contributed by atoms with Crippen LogP contribution in [0.25, 0.3) is 0 Å². The first-order valence-corrected chi connectivity index (χ1v) is 8.46. The molecule has 0 spiro atoms. The maximum absolute atomic E-state index is 5.82. The molecule has 4 rings (SSSR count). The van der Waals surface area contributed by atoms with E-state index in [-0.39, 0.29) is 0 Å². The molecule has 122 valence electrons. The fourth-order valence-corrected chi connectivity index (χ4v) is 3.28. The van der Waals surface area contributed by atoms with Gasteiger partial charge in [-0.25, -0.2) is 4.98 Å². The van der Waals surface area contributed by atoms with E-state index in [2.05, 4.69) is 26.1 Å². The van der Waals surface area contributed by atoms with Crippen LogP contribution in [-0.4, -0.2) is 34.4 Å². The van der Waals surface area contributed by atoms with Gasteiger partial charge in [-0.15, -0.1) is 0 Å². The summed E-state index contributed by atoms with van der Waals surface area (Å²) in [4.78, 5) is 6.84. The minimum Gasteiger partial charge on any atom is -0.474 e. The average molecular weight is 313 g/mol. The van der Waals surface area contributed by atoms with Crippen LogP contribution in [0.5, 0.6) is 5.88 Å². The third-order valence-corrected chi connectivity index (χ3v) is 4.96. The van der Waals surface area contributed by atoms with Crippen LogP contribution in [0.3, 0.4) is 0 Å². The number of aromatic amines is 1. The zero-order valence-electron chi connectivity index (χ0n) is 13.2. The predicted molar refractivity (Wildman–Crippen MR) is 89.7 cm³/mol. The Kier molecular flexibility index (Phi) is 3.81. The van der Waals surface area contributed by atoms with E-state index in [1.807, 2.05) is 18.3 Å². The number of nitrogens with zero attached hydrogens (tertiary/aromatic N) is 3. The molecule has 2 aliphatic rings. The number of hydrogen-bond acceptors (Lipinski definition) is 5. The molecule has 0 radical (unpaired) electrons. The van der Waals surface area contributed by atoms with E-state index >= 15 is 0 Å². The standard InChI is InChI=1S/C17H23N5O/c18-16-10-15(20-21-16)12-6-8-22(9-7-12)13-4-5-17(19-11-13)23-14-2-1-3-14/h4-5,10-12,14H,1-3,6-9H2,(H3,18,20,21). The lowest BCUT2D eigenvalue weighted by Crippen LogP contribution is -2.33. The predicted octanol–water partition coefficient (Wildman–Crippen LogP) is 2.70. The molecule has 0 bridgehead atoms. The number of H-pyrrole nitrogens is 1. The van der Waals surface area contributed by atoms with E-state index in [0.29, 0.717) is 17.8 Å². The molecule has 1 saturated heterocycles. The van der Waals surface area contributed by atoms with Crippen LogP contribution >= 0.6 is 0 Å². The van der Waals surface area contributed by atoms with Crippen molar-refractivity contribution in [1.29, 1.82) is 0 Å². The highest BCUT2D eigenvalue weighted by atomic mass is 16.5. The number of pyridine rings is 1. The minimum atomic E-state index is 0.380. The van der Waals surface area contributed by atoms with Crippen molar-refractivity contribution in [1.82, 2.24) is 15.2 Å². The molecule has 2 fully saturated rings. The Morgan fingerprint density at radius 2 is 2.00 bits per heavy atom. The fourth-order valence-electron chi connectivity index (χ4n) is 3.28. The van der Waals surface area contributed by atoms with Gasteiger partial charge in [0.2, 0.25) is 5.88 Å². The van der Waals surface area contributed by atoms with E-state index in [4.69, 9.17) is 10.5 Å². The highest BCUT2D eigenvalue weighted by Gasteiger charge is 2.23. The number of piperidine rings is 1. The largest absolute Gasteiger partial charge is 0.474 e. The lowest BCUT2D eigenvalue weighted by atomic mass is 9.93. The topological polar surface area (TPSA) is 80.1 Å². The summed E-state index contributed by atoms with van der Waals surface area (Å²) < 4.78 is 5.82. The van der Waals surface area contributed by atoms with Crippen molar-refractivity contribution >= 4 is 11.5 Å². The minimum absolute atomic E-state index is 0.380. The van der Waals surface area contributed by atoms with Crippen LogP contribution in [0.4, 0.5) is 11.5 Å². The molecule has 6 nitrogen and oxygen atoms in total. The summed E-state index contributed by atoms with van der Waals surface area (Å²) in [5, 5.41) is 7.12. The van der Waals surface area contributed by atoms with E-state index in [9.17, 15) is 0 Å². The number of rotatable bonds is 4. The van der Waals surface area contributed by atoms with Gasteiger partial charge in [0, 0.05) is 31.1 Å². The molecular weight excluding hydrogens is 290 g/mol. The molecule has 1 aliphatic carbocycles. The maximum atomic E-state index is 5.82. The maximum Gasteiger partial charge on any atom is 0.213 e. The van der Waals surface area contributed by atoms with Crippen molar-refractivity contribution in [3.63, 3.8) is 0 Å². The quantitative estimate of drug-likeness (QED) is 0.907. The zero-order chi connectivity index (χ0) is 15.6. The Balaban J connectivity index is 1.34. The third-order valence-electron chi connectivity index (χ3n) is 4.96. The number of anilines is 2. The molecule has 2 aromatic rings. The van der Waals surface area contributed by atoms with Crippen LogP contribution in [0.2, 0.25) is 0 Å². The molecule has 0 aromatic carbocycles. The third kappa shape index (κ3) is 3.11. The normalized spacial score (nSPS) is 19.6. The van der Waals surface area contributed by atoms with Gasteiger partial charge in [0.05, 0.1) is 17.6 Å². The number of ether oxygens (including phenoxy) is 1. The number of nitrogen functional groups attached to an aromatic ring is 1. The molecule has 3 heterocycles. The summed E-state index contributed by atoms with van der Waals surface area (Å²) in [5.74, 6) is 1.89. The summed E-state index contributed by atoms with van der Waals surface area (Å²) in [5.41, 5.74) is 7.98. The summed E-state index contributed by atoms with van der Waals surface area (Å²) in [6, 6.07) is 6.07. The lowest BCUT2D eigenvalue weighted by Gasteiger charge is -2.33. The van der Waals surface area contributed by atoms with Crippen LogP contribution in [0.15, 0.2) is 24.4 Å². The monoisotopic (exact) mass is 313 g/mol. The Bertz CT molecular complexity index is 641. The van der Waals surface area contributed by atoms with Gasteiger partial charge < -0.3 is 15.4 Å². The number of nitrogens with two attached hydrogens (primary N) is 1. The second-order valence-electron chi connectivity index (χ2n) is 6.53. The SMILES string of the molecule is Nc1cc(C2CCN(c3ccc(OC4CCC4)nc3)CC2)n[nH]1. The molecule has 0 atom stereocenters. The van der Waals surface area contributed by atoms with Crippen molar-refractivity contribution in [2.75, 3.05) is 23.7 Å². The Hall–Kier alpha value is -2.24. The van der Waals surface area contributed by atoms with Crippen molar-refractivity contribution in [3.05, 3.63) is 30.1 Å². The Morgan fingerprint density at radius 1 is 1.17 bits per heavy atom. The highest BCUT2D eigenvalue weighted by Crippen LogP contribution is 2.30. The molecule has 0 unspecified atom stereocenters. The van der Waals surface area contributed by atoms with Crippen LogP contribution in [-0.2, 0) is 0 Å². The molecule has 3 N–H and O–H groups in total. The second kappa shape index (κ2) is 6.10. The highest BCUT2D eigenvalue weighted by molar-refractivity contribution is 5.46. The first kappa shape index (κ1) is 14.4. The van der Waals surface area contributed by atoms with E-state index < -0.39 is 0 Å². The van der Waals surface area contributed by atoms with Crippen LogP contribution < -0.4 is 15.4 Å². The first-order chi connectivity index (χ1) is 11.3. The van der Waals surface area contributed by atoms with Crippen LogP contribution in [0, 0.1) is 0 Å². The summed E-state index contributed by atoms with van der Waals surface area (Å²) in [6.07, 6.45) is 8.09. The molecule has 0 amide bonds. The van der Waals surface area contributed by atoms with Crippen molar-refractivity contribution in [2.45, 2.75) is 44.1 Å². The average Bonchev–Trinajstić information content (AvgIpc) is 2.98. The van der Waals surface area contributed by atoms with Crippen LogP contribution in [0.1, 0.15) is 43.7 Å². The second-order valence-corrected chi connectivity index (χ2v) is 6.53. The summed E-state index contributed by atoms with van der Waals surface area (Å²) >= 11 is 0. The van der Waals surface area contributed by atoms with Crippen molar-refractivity contribution in [2.24, 2.45) is 0 Å². The first-order valence-electron chi connectivity index (χ1n) is 8.46. The summed E-state index contributed by atoms with van der Waals surface area (Å²) in [6.45, 7) is 2.03. The van der Waals surface area contributed by atoms with Gasteiger partial charge >= 0.3 is 0 Å². The number of hydrogen-bond donors (Lipinski definition) is 2. The molecular formula is C17H23N5O. The van der Waals surface area contributed by atoms with Gasteiger partial charge in [0.25, 0.3) is 0 Å². The van der Waals surface area contributed by atoms with Crippen molar-refractivity contribution in [3.8, 4) is 5.88 Å². The summed E-state index contributed by atoms with van der Waals surface area (Å²) in [7, 11) is 0. The Labute approximate surface area is 136 Å². The number of nitrogens with one attached hydrogen (secondary N) is 1. The Morgan fingerprint density at radius 3 is 2.57 bits per heavy atom. The lowest BCUT2D eigenvalue weighted by molar-refractivity contribution is 0.114. The van der Waals surface area contributed by atoms with Gasteiger partial charge in [-0.1, -0.05) is 0 Å². The molecule has 23 heavy (non-hydrogen) atoms. The molecule has 2 aromatic heterocycles. The smallest absolute Gasteiger partial charge is 0.213 e. The fraction of sp³-hybridized carbons (Fsp3) is 0.529. The van der Waals surface area contributed by atoms with Gasteiger partial charge in [-0.2, -0.15) is 5.10 Å². The van der Waals surface area contributed by atoms with Gasteiger partial charge in [0.1, 0.15) is 11.9 Å². The zero-order valence-corrected chi connectivity index (χ0v) is 13.2. The molecule has 1 aliphatic heterocycles. The van der Waals surface area contributed by atoms with E-state index in [1.54, 1.807) is 0 Å².